The molecule has 2 saturated heterocycles. The molecule has 0 radical (unpaired) electrons. The molecule has 0 saturated carbocycles. The highest BCUT2D eigenvalue weighted by Crippen LogP contribution is 2.26. The fourth-order valence-electron chi connectivity index (χ4n) is 3.43. The number of hydrogen-bond acceptors (Lipinski definition) is 4. The molecule has 2 N–H and O–H groups in total. The Morgan fingerprint density at radius 1 is 1.05 bits per heavy atom. The monoisotopic (exact) mass is 275 g/mol. The standard InChI is InChI=1S/C16H25N3O/c1-20-16-4-2-14(3-5-16)18-10-7-15(8-11-18)19-9-6-13(17)12-19/h2-5,13,15H,6-12,17H2,1H3/t13-/m1/s1. The van der Waals surface area contributed by atoms with Crippen molar-refractivity contribution in [3.8, 4) is 5.75 Å². The molecule has 110 valence electrons. The molecule has 4 nitrogen and oxygen atoms in total. The number of piperidine rings is 1. The summed E-state index contributed by atoms with van der Waals surface area (Å²) in [5.41, 5.74) is 7.32. The third-order valence-electron chi connectivity index (χ3n) is 4.67. The van der Waals surface area contributed by atoms with Crippen LogP contribution >= 0.6 is 0 Å². The van der Waals surface area contributed by atoms with Crippen LogP contribution in [0.2, 0.25) is 0 Å². The summed E-state index contributed by atoms with van der Waals surface area (Å²) >= 11 is 0. The lowest BCUT2D eigenvalue weighted by Crippen LogP contribution is -2.44. The Morgan fingerprint density at radius 3 is 2.30 bits per heavy atom. The van der Waals surface area contributed by atoms with Gasteiger partial charge in [0.05, 0.1) is 7.11 Å². The second-order valence-corrected chi connectivity index (χ2v) is 5.96. The molecule has 2 aliphatic rings. The van der Waals surface area contributed by atoms with E-state index in [0.717, 1.165) is 31.4 Å². The van der Waals surface area contributed by atoms with E-state index in [-0.39, 0.29) is 0 Å². The van der Waals surface area contributed by atoms with Crippen molar-refractivity contribution in [2.45, 2.75) is 31.3 Å². The van der Waals surface area contributed by atoms with E-state index in [0.29, 0.717) is 6.04 Å². The largest absolute Gasteiger partial charge is 0.497 e. The number of nitrogens with zero attached hydrogens (tertiary/aromatic N) is 2. The fraction of sp³-hybridized carbons (Fsp3) is 0.625. The predicted molar refractivity (Wildman–Crippen MR) is 82.4 cm³/mol. The molecule has 1 aromatic carbocycles. The van der Waals surface area contributed by atoms with Gasteiger partial charge in [0.2, 0.25) is 0 Å². The highest BCUT2D eigenvalue weighted by Gasteiger charge is 2.29. The second kappa shape index (κ2) is 6.02. The highest BCUT2D eigenvalue weighted by atomic mass is 16.5. The van der Waals surface area contributed by atoms with Gasteiger partial charge in [-0.3, -0.25) is 4.90 Å². The van der Waals surface area contributed by atoms with Crippen LogP contribution in [-0.2, 0) is 0 Å². The van der Waals surface area contributed by atoms with Gasteiger partial charge >= 0.3 is 0 Å². The first-order valence-electron chi connectivity index (χ1n) is 7.65. The molecule has 3 rings (SSSR count). The van der Waals surface area contributed by atoms with Crippen LogP contribution in [0.3, 0.4) is 0 Å². The Balaban J connectivity index is 1.55. The van der Waals surface area contributed by atoms with E-state index in [1.807, 2.05) is 12.1 Å². The van der Waals surface area contributed by atoms with Gasteiger partial charge < -0.3 is 15.4 Å². The van der Waals surface area contributed by atoms with E-state index in [2.05, 4.69) is 21.9 Å². The van der Waals surface area contributed by atoms with Crippen LogP contribution < -0.4 is 15.4 Å². The number of benzene rings is 1. The molecule has 0 spiro atoms. The first-order valence-corrected chi connectivity index (χ1v) is 7.65. The summed E-state index contributed by atoms with van der Waals surface area (Å²) in [5.74, 6) is 0.926. The molecule has 2 fully saturated rings. The summed E-state index contributed by atoms with van der Waals surface area (Å²) in [4.78, 5) is 5.07. The summed E-state index contributed by atoms with van der Waals surface area (Å²) in [7, 11) is 1.71. The van der Waals surface area contributed by atoms with E-state index in [9.17, 15) is 0 Å². The maximum atomic E-state index is 6.01. The van der Waals surface area contributed by atoms with Crippen LogP contribution in [0.25, 0.3) is 0 Å². The van der Waals surface area contributed by atoms with Crippen LogP contribution in [0.5, 0.6) is 5.75 Å². The Morgan fingerprint density at radius 2 is 1.75 bits per heavy atom. The maximum absolute atomic E-state index is 6.01. The summed E-state index contributed by atoms with van der Waals surface area (Å²) in [5, 5.41) is 0. The average molecular weight is 275 g/mol. The van der Waals surface area contributed by atoms with Crippen LogP contribution in [0, 0.1) is 0 Å². The number of rotatable bonds is 3. The number of ether oxygens (including phenoxy) is 1. The first-order chi connectivity index (χ1) is 9.76. The Kier molecular flexibility index (Phi) is 4.13. The van der Waals surface area contributed by atoms with Gasteiger partial charge in [0.25, 0.3) is 0 Å². The minimum Gasteiger partial charge on any atom is -0.497 e. The van der Waals surface area contributed by atoms with Gasteiger partial charge in [-0.15, -0.1) is 0 Å². The zero-order valence-electron chi connectivity index (χ0n) is 12.3. The number of nitrogens with two attached hydrogens (primary N) is 1. The van der Waals surface area contributed by atoms with Gasteiger partial charge in [0, 0.05) is 44.0 Å². The lowest BCUT2D eigenvalue weighted by Gasteiger charge is -2.37. The number of hydrogen-bond donors (Lipinski definition) is 1. The quantitative estimate of drug-likeness (QED) is 0.911. The minimum atomic E-state index is 0.398. The molecule has 0 unspecified atom stereocenters. The van der Waals surface area contributed by atoms with Crippen LogP contribution in [0.1, 0.15) is 19.3 Å². The zero-order chi connectivity index (χ0) is 13.9. The lowest BCUT2D eigenvalue weighted by atomic mass is 10.0. The predicted octanol–water partition coefficient (Wildman–Crippen LogP) is 1.70. The van der Waals surface area contributed by atoms with Crippen molar-refractivity contribution in [3.63, 3.8) is 0 Å². The fourth-order valence-corrected chi connectivity index (χ4v) is 3.43. The normalized spacial score (nSPS) is 25.1. The number of likely N-dealkylation sites (tertiary alicyclic amines) is 1. The summed E-state index contributed by atoms with van der Waals surface area (Å²) in [6.07, 6.45) is 3.66. The molecule has 0 bridgehead atoms. The molecular formula is C16H25N3O. The Bertz CT molecular complexity index is 426. The molecule has 2 aliphatic heterocycles. The molecule has 4 heteroatoms. The number of methoxy groups -OCH3 is 1. The molecule has 1 aromatic rings. The van der Waals surface area contributed by atoms with Gasteiger partial charge in [-0.2, -0.15) is 0 Å². The second-order valence-electron chi connectivity index (χ2n) is 5.96. The van der Waals surface area contributed by atoms with Crippen molar-refractivity contribution in [1.29, 1.82) is 0 Å². The average Bonchev–Trinajstić information content (AvgIpc) is 2.94. The van der Waals surface area contributed by atoms with Crippen molar-refractivity contribution in [2.75, 3.05) is 38.2 Å². The van der Waals surface area contributed by atoms with E-state index < -0.39 is 0 Å². The van der Waals surface area contributed by atoms with Crippen LogP contribution in [-0.4, -0.2) is 50.3 Å². The van der Waals surface area contributed by atoms with Crippen molar-refractivity contribution >= 4 is 5.69 Å². The van der Waals surface area contributed by atoms with Crippen LogP contribution in [0.4, 0.5) is 5.69 Å². The van der Waals surface area contributed by atoms with Crippen molar-refractivity contribution in [3.05, 3.63) is 24.3 Å². The van der Waals surface area contributed by atoms with E-state index in [4.69, 9.17) is 10.5 Å². The van der Waals surface area contributed by atoms with E-state index in [1.165, 1.54) is 31.5 Å². The lowest BCUT2D eigenvalue weighted by molar-refractivity contribution is 0.205. The van der Waals surface area contributed by atoms with Gasteiger partial charge in [0.1, 0.15) is 5.75 Å². The smallest absolute Gasteiger partial charge is 0.119 e. The summed E-state index contributed by atoms with van der Waals surface area (Å²) in [6, 6.07) is 9.53. The molecular weight excluding hydrogens is 250 g/mol. The van der Waals surface area contributed by atoms with Crippen molar-refractivity contribution < 1.29 is 4.74 Å². The van der Waals surface area contributed by atoms with E-state index in [1.54, 1.807) is 7.11 Å². The third-order valence-corrected chi connectivity index (χ3v) is 4.67. The Hall–Kier alpha value is -1.26. The molecule has 0 aromatic heterocycles. The topological polar surface area (TPSA) is 41.7 Å². The van der Waals surface area contributed by atoms with Gasteiger partial charge in [-0.1, -0.05) is 0 Å². The SMILES string of the molecule is COc1ccc(N2CCC(N3CC[C@@H](N)C3)CC2)cc1. The van der Waals surface area contributed by atoms with Crippen molar-refractivity contribution in [2.24, 2.45) is 5.73 Å². The molecule has 1 atom stereocenters. The molecule has 2 heterocycles. The van der Waals surface area contributed by atoms with Gasteiger partial charge in [0.15, 0.2) is 0 Å². The molecule has 0 amide bonds. The highest BCUT2D eigenvalue weighted by molar-refractivity contribution is 5.49. The zero-order valence-corrected chi connectivity index (χ0v) is 12.3. The first kappa shape index (κ1) is 13.7. The van der Waals surface area contributed by atoms with Crippen LogP contribution in [0.15, 0.2) is 24.3 Å². The molecule has 20 heavy (non-hydrogen) atoms. The summed E-state index contributed by atoms with van der Waals surface area (Å²) in [6.45, 7) is 4.56. The third kappa shape index (κ3) is 2.91. The van der Waals surface area contributed by atoms with Gasteiger partial charge in [-0.25, -0.2) is 0 Å². The maximum Gasteiger partial charge on any atom is 0.119 e. The van der Waals surface area contributed by atoms with Crippen molar-refractivity contribution in [1.82, 2.24) is 4.90 Å². The minimum absolute atomic E-state index is 0.398. The molecule has 0 aliphatic carbocycles. The van der Waals surface area contributed by atoms with Gasteiger partial charge in [-0.05, 0) is 43.5 Å². The summed E-state index contributed by atoms with van der Waals surface area (Å²) < 4.78 is 5.21. The number of anilines is 1. The Labute approximate surface area is 121 Å². The van der Waals surface area contributed by atoms with E-state index >= 15 is 0 Å².